The standard InChI is InChI=1S/C14H16N6O6S2/c1-8-15-12(18-14(16-8)26-3)17-13(21)19-27(22,23)10-6-4-5-9-7-20(2)28(24,25)11(9)10/h4-6H,7H2,1-3H3,(H2,15,16,17,18,19,21). The molecule has 12 nitrogen and oxygen atoms in total. The molecule has 1 aliphatic rings. The van der Waals surface area contributed by atoms with Gasteiger partial charge in [0.1, 0.15) is 15.6 Å². The fraction of sp³-hybridized carbons (Fsp3) is 0.286. The van der Waals surface area contributed by atoms with Crippen LogP contribution in [0.25, 0.3) is 0 Å². The number of rotatable bonds is 4. The van der Waals surface area contributed by atoms with Gasteiger partial charge in [0.25, 0.3) is 10.0 Å². The van der Waals surface area contributed by atoms with Crippen LogP contribution in [-0.2, 0) is 26.6 Å². The lowest BCUT2D eigenvalue weighted by Crippen LogP contribution is -2.35. The van der Waals surface area contributed by atoms with Crippen molar-refractivity contribution in [3.8, 4) is 6.01 Å². The Labute approximate surface area is 161 Å². The quantitative estimate of drug-likeness (QED) is 0.674. The molecule has 2 N–H and O–H groups in total. The Hall–Kier alpha value is -2.84. The average Bonchev–Trinajstić information content (AvgIpc) is 2.83. The Morgan fingerprint density at radius 2 is 1.96 bits per heavy atom. The van der Waals surface area contributed by atoms with Crippen LogP contribution in [-0.4, -0.2) is 56.3 Å². The number of carbonyl (C=O) groups is 1. The monoisotopic (exact) mass is 428 g/mol. The molecule has 1 aromatic heterocycles. The molecule has 0 fully saturated rings. The number of ether oxygens (including phenoxy) is 1. The molecular formula is C14H16N6O6S2. The van der Waals surface area contributed by atoms with Gasteiger partial charge in [-0.2, -0.15) is 19.3 Å². The topological polar surface area (TPSA) is 161 Å². The van der Waals surface area contributed by atoms with Gasteiger partial charge in [0.2, 0.25) is 16.0 Å². The lowest BCUT2D eigenvalue weighted by Gasteiger charge is -2.11. The molecule has 0 saturated heterocycles. The van der Waals surface area contributed by atoms with Gasteiger partial charge in [-0.1, -0.05) is 12.1 Å². The summed E-state index contributed by atoms with van der Waals surface area (Å²) in [6.07, 6.45) is 0. The minimum Gasteiger partial charge on any atom is -0.467 e. The molecular weight excluding hydrogens is 412 g/mol. The van der Waals surface area contributed by atoms with E-state index in [1.165, 1.54) is 33.2 Å². The van der Waals surface area contributed by atoms with E-state index in [4.69, 9.17) is 4.74 Å². The van der Waals surface area contributed by atoms with Gasteiger partial charge in [-0.15, -0.1) is 0 Å². The third-order valence-corrected chi connectivity index (χ3v) is 7.22. The fourth-order valence-electron chi connectivity index (χ4n) is 2.58. The smallest absolute Gasteiger partial charge is 0.335 e. The zero-order valence-corrected chi connectivity index (χ0v) is 16.6. The summed E-state index contributed by atoms with van der Waals surface area (Å²) in [7, 11) is -5.82. The van der Waals surface area contributed by atoms with Gasteiger partial charge in [-0.25, -0.2) is 26.4 Å². The number of urea groups is 1. The molecule has 0 bridgehead atoms. The predicted octanol–water partition coefficient (Wildman–Crippen LogP) is -0.167. The zero-order valence-electron chi connectivity index (χ0n) is 15.0. The number of methoxy groups -OCH3 is 1. The van der Waals surface area contributed by atoms with Gasteiger partial charge in [0.05, 0.1) is 7.11 Å². The molecule has 28 heavy (non-hydrogen) atoms. The van der Waals surface area contributed by atoms with E-state index in [9.17, 15) is 21.6 Å². The van der Waals surface area contributed by atoms with Crippen molar-refractivity contribution in [2.75, 3.05) is 19.5 Å². The van der Waals surface area contributed by atoms with Crippen molar-refractivity contribution in [1.29, 1.82) is 0 Å². The largest absolute Gasteiger partial charge is 0.467 e. The molecule has 150 valence electrons. The minimum absolute atomic E-state index is 0.0388. The van der Waals surface area contributed by atoms with Crippen molar-refractivity contribution in [3.63, 3.8) is 0 Å². The Bertz CT molecular complexity index is 1160. The summed E-state index contributed by atoms with van der Waals surface area (Å²) in [6, 6.07) is 2.78. The minimum atomic E-state index is -4.50. The molecule has 2 heterocycles. The molecule has 1 aliphatic heterocycles. The molecule has 0 saturated carbocycles. The van der Waals surface area contributed by atoms with Crippen LogP contribution < -0.4 is 14.8 Å². The molecule has 1 aromatic carbocycles. The Morgan fingerprint density at radius 1 is 1.25 bits per heavy atom. The van der Waals surface area contributed by atoms with Gasteiger partial charge >= 0.3 is 12.0 Å². The van der Waals surface area contributed by atoms with Crippen molar-refractivity contribution in [2.45, 2.75) is 23.3 Å². The molecule has 0 unspecified atom stereocenters. The third kappa shape index (κ3) is 3.61. The highest BCUT2D eigenvalue weighted by Crippen LogP contribution is 2.34. The van der Waals surface area contributed by atoms with E-state index in [1.54, 1.807) is 4.72 Å². The summed E-state index contributed by atoms with van der Waals surface area (Å²) in [5.74, 6) is 0.00251. The fourth-order valence-corrected chi connectivity index (χ4v) is 5.67. The van der Waals surface area contributed by atoms with Crippen LogP contribution >= 0.6 is 0 Å². The SMILES string of the molecule is COc1nc(C)nc(NC(=O)NS(=O)(=O)c2cccc3c2S(=O)(=O)N(C)C3)n1. The molecule has 0 aliphatic carbocycles. The van der Waals surface area contributed by atoms with Crippen LogP contribution in [0.4, 0.5) is 10.7 Å². The highest BCUT2D eigenvalue weighted by Gasteiger charge is 2.38. The van der Waals surface area contributed by atoms with Crippen molar-refractivity contribution in [2.24, 2.45) is 0 Å². The Kier molecular flexibility index (Phi) is 4.95. The summed E-state index contributed by atoms with van der Waals surface area (Å²) in [4.78, 5) is 22.7. The number of benzene rings is 1. The summed E-state index contributed by atoms with van der Waals surface area (Å²) in [5.41, 5.74) is 0.323. The molecule has 0 spiro atoms. The first kappa shape index (κ1) is 19.9. The maximum atomic E-state index is 12.6. The third-order valence-electron chi connectivity index (χ3n) is 3.77. The Morgan fingerprint density at radius 3 is 2.64 bits per heavy atom. The maximum Gasteiger partial charge on any atom is 0.335 e. The van der Waals surface area contributed by atoms with Gasteiger partial charge < -0.3 is 4.74 Å². The van der Waals surface area contributed by atoms with Crippen LogP contribution in [0.3, 0.4) is 0 Å². The van der Waals surface area contributed by atoms with Gasteiger partial charge in [0.15, 0.2) is 0 Å². The summed E-state index contributed by atoms with van der Waals surface area (Å²) in [5, 5.41) is 2.15. The average molecular weight is 428 g/mol. The van der Waals surface area contributed by atoms with Gasteiger partial charge in [0, 0.05) is 13.6 Å². The van der Waals surface area contributed by atoms with Crippen molar-refractivity contribution < 1.29 is 26.4 Å². The normalized spacial score (nSPS) is 15.7. The number of nitrogens with zero attached hydrogens (tertiary/aromatic N) is 4. The lowest BCUT2D eigenvalue weighted by molar-refractivity contribution is 0.256. The van der Waals surface area contributed by atoms with Crippen LogP contribution in [0.1, 0.15) is 11.4 Å². The maximum absolute atomic E-state index is 12.6. The number of anilines is 1. The molecule has 0 radical (unpaired) electrons. The van der Waals surface area contributed by atoms with E-state index >= 15 is 0 Å². The van der Waals surface area contributed by atoms with Crippen LogP contribution in [0.15, 0.2) is 28.0 Å². The van der Waals surface area contributed by atoms with Crippen LogP contribution in [0.2, 0.25) is 0 Å². The van der Waals surface area contributed by atoms with Gasteiger partial charge in [-0.3, -0.25) is 5.32 Å². The number of aromatic nitrogens is 3. The second-order valence-electron chi connectivity index (χ2n) is 5.76. The summed E-state index contributed by atoms with van der Waals surface area (Å²) >= 11 is 0. The highest BCUT2D eigenvalue weighted by molar-refractivity contribution is 7.92. The van der Waals surface area contributed by atoms with Crippen molar-refractivity contribution in [3.05, 3.63) is 29.6 Å². The number of sulfonamides is 2. The van der Waals surface area contributed by atoms with Crippen molar-refractivity contribution >= 4 is 32.0 Å². The van der Waals surface area contributed by atoms with E-state index in [2.05, 4.69) is 20.3 Å². The summed E-state index contributed by atoms with van der Waals surface area (Å²) < 4.78 is 57.8. The number of carbonyl (C=O) groups excluding carboxylic acids is 1. The number of nitrogens with one attached hydrogen (secondary N) is 2. The second kappa shape index (κ2) is 6.96. The van der Waals surface area contributed by atoms with E-state index in [1.807, 2.05) is 0 Å². The molecule has 2 aromatic rings. The van der Waals surface area contributed by atoms with E-state index in [-0.39, 0.29) is 29.2 Å². The first-order chi connectivity index (χ1) is 13.0. The molecule has 2 amide bonds. The summed E-state index contributed by atoms with van der Waals surface area (Å²) in [6.45, 7) is 1.57. The molecule has 14 heteroatoms. The highest BCUT2D eigenvalue weighted by atomic mass is 32.2. The number of amides is 2. The zero-order chi connectivity index (χ0) is 20.7. The first-order valence-electron chi connectivity index (χ1n) is 7.73. The van der Waals surface area contributed by atoms with E-state index < -0.39 is 31.0 Å². The molecule has 0 atom stereocenters. The number of hydrogen-bond acceptors (Lipinski definition) is 9. The number of hydrogen-bond donors (Lipinski definition) is 2. The molecule has 3 rings (SSSR count). The second-order valence-corrected chi connectivity index (χ2v) is 9.39. The van der Waals surface area contributed by atoms with Crippen LogP contribution in [0, 0.1) is 6.92 Å². The predicted molar refractivity (Wildman–Crippen MR) is 95.6 cm³/mol. The first-order valence-corrected chi connectivity index (χ1v) is 10.7. The number of fused-ring (bicyclic) bond motifs is 1. The number of aryl methyl sites for hydroxylation is 1. The van der Waals surface area contributed by atoms with Crippen molar-refractivity contribution in [1.82, 2.24) is 24.0 Å². The van der Waals surface area contributed by atoms with E-state index in [0.29, 0.717) is 5.56 Å². The van der Waals surface area contributed by atoms with Gasteiger partial charge in [-0.05, 0) is 18.6 Å². The van der Waals surface area contributed by atoms with E-state index in [0.717, 1.165) is 10.4 Å². The van der Waals surface area contributed by atoms with Crippen LogP contribution in [0.5, 0.6) is 6.01 Å². The lowest BCUT2D eigenvalue weighted by atomic mass is 10.2. The Balaban J connectivity index is 1.89.